The van der Waals surface area contributed by atoms with Gasteiger partial charge in [0.25, 0.3) is 5.91 Å². The second-order valence-electron chi connectivity index (χ2n) is 4.86. The number of nitrogens with zero attached hydrogens (tertiary/aromatic N) is 1. The molecule has 1 aliphatic heterocycles. The maximum atomic E-state index is 11.9. The molecule has 0 bridgehead atoms. The Labute approximate surface area is 124 Å². The maximum Gasteiger partial charge on any atom is 0.407 e. The number of rotatable bonds is 4. The summed E-state index contributed by atoms with van der Waals surface area (Å²) in [5, 5.41) is 2.67. The van der Waals surface area contributed by atoms with E-state index in [0.717, 1.165) is 11.3 Å². The Bertz CT molecular complexity index is 544. The topological polar surface area (TPSA) is 67.9 Å². The van der Waals surface area contributed by atoms with Crippen LogP contribution in [0.1, 0.15) is 19.4 Å². The average molecular weight is 292 g/mol. The first-order valence-corrected chi connectivity index (χ1v) is 7.00. The van der Waals surface area contributed by atoms with Crippen LogP contribution in [-0.2, 0) is 16.0 Å². The highest BCUT2D eigenvalue weighted by Gasteiger charge is 2.28. The van der Waals surface area contributed by atoms with E-state index >= 15 is 0 Å². The Morgan fingerprint density at radius 2 is 2.24 bits per heavy atom. The van der Waals surface area contributed by atoms with Crippen LogP contribution in [-0.4, -0.2) is 38.3 Å². The molecule has 1 unspecified atom stereocenters. The van der Waals surface area contributed by atoms with Crippen molar-refractivity contribution in [2.45, 2.75) is 26.4 Å². The Kier molecular flexibility index (Phi) is 4.67. The molecule has 114 valence electrons. The molecule has 0 radical (unpaired) electrons. The highest BCUT2D eigenvalue weighted by atomic mass is 16.5. The molecule has 1 N–H and O–H groups in total. The van der Waals surface area contributed by atoms with E-state index in [9.17, 15) is 9.59 Å². The van der Waals surface area contributed by atoms with Crippen molar-refractivity contribution in [2.75, 3.05) is 25.1 Å². The van der Waals surface area contributed by atoms with Crippen LogP contribution in [0.15, 0.2) is 18.2 Å². The van der Waals surface area contributed by atoms with Crippen molar-refractivity contribution in [3.63, 3.8) is 0 Å². The molecular weight excluding hydrogens is 272 g/mol. The van der Waals surface area contributed by atoms with Gasteiger partial charge < -0.3 is 19.7 Å². The maximum absolute atomic E-state index is 11.9. The summed E-state index contributed by atoms with van der Waals surface area (Å²) in [4.78, 5) is 24.7. The molecule has 1 aliphatic rings. The predicted octanol–water partition coefficient (Wildman–Crippen LogP) is 1.72. The molecule has 0 saturated heterocycles. The third kappa shape index (κ3) is 3.45. The lowest BCUT2D eigenvalue weighted by molar-refractivity contribution is -0.125. The van der Waals surface area contributed by atoms with E-state index in [0.29, 0.717) is 25.3 Å². The molecule has 0 saturated carbocycles. The SMILES string of the molecule is CCOC(=O)NCCc1ccc2c(c1)N(C)C(=O)C(C)O2. The lowest BCUT2D eigenvalue weighted by Gasteiger charge is -2.30. The number of ether oxygens (including phenoxy) is 2. The Morgan fingerprint density at radius 1 is 1.48 bits per heavy atom. The molecule has 1 atom stereocenters. The number of amides is 2. The molecule has 1 heterocycles. The summed E-state index contributed by atoms with van der Waals surface area (Å²) in [6.45, 7) is 4.33. The number of alkyl carbamates (subject to hydrolysis) is 1. The number of nitrogens with one attached hydrogen (secondary N) is 1. The molecule has 2 amide bonds. The van der Waals surface area contributed by atoms with Gasteiger partial charge in [-0.25, -0.2) is 4.79 Å². The number of anilines is 1. The summed E-state index contributed by atoms with van der Waals surface area (Å²) in [6, 6.07) is 5.70. The van der Waals surface area contributed by atoms with Crippen molar-refractivity contribution in [3.8, 4) is 5.75 Å². The van der Waals surface area contributed by atoms with Gasteiger partial charge in [-0.15, -0.1) is 0 Å². The molecule has 0 fully saturated rings. The molecule has 21 heavy (non-hydrogen) atoms. The minimum atomic E-state index is -0.459. The summed E-state index contributed by atoms with van der Waals surface area (Å²) in [5.41, 5.74) is 1.77. The fourth-order valence-electron chi connectivity index (χ4n) is 2.20. The third-order valence-corrected chi connectivity index (χ3v) is 3.33. The van der Waals surface area contributed by atoms with Crippen LogP contribution in [0.5, 0.6) is 5.75 Å². The quantitative estimate of drug-likeness (QED) is 0.917. The predicted molar refractivity (Wildman–Crippen MR) is 78.7 cm³/mol. The number of carbonyl (C=O) groups excluding carboxylic acids is 2. The minimum Gasteiger partial charge on any atom is -0.479 e. The fraction of sp³-hybridized carbons (Fsp3) is 0.467. The van der Waals surface area contributed by atoms with E-state index in [4.69, 9.17) is 9.47 Å². The van der Waals surface area contributed by atoms with Crippen LogP contribution in [0.3, 0.4) is 0 Å². The molecule has 0 aliphatic carbocycles. The van der Waals surface area contributed by atoms with Gasteiger partial charge >= 0.3 is 6.09 Å². The number of likely N-dealkylation sites (N-methyl/N-ethyl adjacent to an activating group) is 1. The van der Waals surface area contributed by atoms with Gasteiger partial charge in [-0.1, -0.05) is 6.07 Å². The van der Waals surface area contributed by atoms with Crippen molar-refractivity contribution < 1.29 is 19.1 Å². The van der Waals surface area contributed by atoms with E-state index in [2.05, 4.69) is 5.32 Å². The molecular formula is C15H20N2O4. The number of fused-ring (bicyclic) bond motifs is 1. The molecule has 2 rings (SSSR count). The second-order valence-corrected chi connectivity index (χ2v) is 4.86. The third-order valence-electron chi connectivity index (χ3n) is 3.33. The summed E-state index contributed by atoms with van der Waals surface area (Å²) in [6.07, 6.45) is -0.220. The zero-order chi connectivity index (χ0) is 15.4. The van der Waals surface area contributed by atoms with Crippen molar-refractivity contribution >= 4 is 17.7 Å². The van der Waals surface area contributed by atoms with Gasteiger partial charge in [-0.3, -0.25) is 4.79 Å². The highest BCUT2D eigenvalue weighted by Crippen LogP contribution is 2.33. The van der Waals surface area contributed by atoms with Crippen LogP contribution in [0, 0.1) is 0 Å². The largest absolute Gasteiger partial charge is 0.479 e. The summed E-state index contributed by atoms with van der Waals surface area (Å²) >= 11 is 0. The van der Waals surface area contributed by atoms with Gasteiger partial charge in [0.2, 0.25) is 0 Å². The van der Waals surface area contributed by atoms with Gasteiger partial charge in [0.05, 0.1) is 12.3 Å². The van der Waals surface area contributed by atoms with Crippen molar-refractivity contribution in [1.29, 1.82) is 0 Å². The molecule has 0 aromatic heterocycles. The van der Waals surface area contributed by atoms with Gasteiger partial charge in [-0.05, 0) is 38.0 Å². The fourth-order valence-corrected chi connectivity index (χ4v) is 2.20. The molecule has 6 heteroatoms. The van der Waals surface area contributed by atoms with Gasteiger partial charge in [0.1, 0.15) is 5.75 Å². The van der Waals surface area contributed by atoms with Crippen molar-refractivity contribution in [1.82, 2.24) is 5.32 Å². The first kappa shape index (κ1) is 15.2. The van der Waals surface area contributed by atoms with Crippen LogP contribution in [0.2, 0.25) is 0 Å². The summed E-state index contributed by atoms with van der Waals surface area (Å²) < 4.78 is 10.4. The smallest absolute Gasteiger partial charge is 0.407 e. The zero-order valence-electron chi connectivity index (χ0n) is 12.5. The molecule has 1 aromatic carbocycles. The van der Waals surface area contributed by atoms with Crippen LogP contribution in [0.4, 0.5) is 10.5 Å². The highest BCUT2D eigenvalue weighted by molar-refractivity contribution is 5.99. The number of benzene rings is 1. The van der Waals surface area contributed by atoms with E-state index in [1.54, 1.807) is 25.8 Å². The standard InChI is InChI=1S/C15H20N2O4/c1-4-20-15(19)16-8-7-11-5-6-13-12(9-11)17(3)14(18)10(2)21-13/h5-6,9-10H,4,7-8H2,1-3H3,(H,16,19). The summed E-state index contributed by atoms with van der Waals surface area (Å²) in [7, 11) is 1.74. The van der Waals surface area contributed by atoms with Crippen LogP contribution in [0.25, 0.3) is 0 Å². The number of hydrogen-bond donors (Lipinski definition) is 1. The van der Waals surface area contributed by atoms with E-state index in [-0.39, 0.29) is 5.91 Å². The summed E-state index contributed by atoms with van der Waals surface area (Å²) in [5.74, 6) is 0.635. The molecule has 0 spiro atoms. The Morgan fingerprint density at radius 3 is 2.95 bits per heavy atom. The van der Waals surface area contributed by atoms with Gasteiger partial charge in [0.15, 0.2) is 6.10 Å². The average Bonchev–Trinajstić information content (AvgIpc) is 2.46. The van der Waals surface area contributed by atoms with Gasteiger partial charge in [0, 0.05) is 13.6 Å². The van der Waals surface area contributed by atoms with E-state index < -0.39 is 12.2 Å². The lowest BCUT2D eigenvalue weighted by Crippen LogP contribution is -2.42. The number of hydrogen-bond acceptors (Lipinski definition) is 4. The normalized spacial score (nSPS) is 17.0. The first-order valence-electron chi connectivity index (χ1n) is 7.00. The molecule has 1 aromatic rings. The Hall–Kier alpha value is -2.24. The number of carbonyl (C=O) groups is 2. The zero-order valence-corrected chi connectivity index (χ0v) is 12.5. The monoisotopic (exact) mass is 292 g/mol. The second kappa shape index (κ2) is 6.47. The minimum absolute atomic E-state index is 0.0655. The van der Waals surface area contributed by atoms with Crippen LogP contribution < -0.4 is 15.0 Å². The van der Waals surface area contributed by atoms with Gasteiger partial charge in [-0.2, -0.15) is 0 Å². The molecule has 6 nitrogen and oxygen atoms in total. The van der Waals surface area contributed by atoms with Crippen molar-refractivity contribution in [2.24, 2.45) is 0 Å². The Balaban J connectivity index is 2.01. The van der Waals surface area contributed by atoms with E-state index in [1.807, 2.05) is 18.2 Å². The van der Waals surface area contributed by atoms with Crippen LogP contribution >= 0.6 is 0 Å². The first-order chi connectivity index (χ1) is 10.0. The van der Waals surface area contributed by atoms with Crippen molar-refractivity contribution in [3.05, 3.63) is 23.8 Å². The van der Waals surface area contributed by atoms with E-state index in [1.165, 1.54) is 0 Å². The lowest BCUT2D eigenvalue weighted by atomic mass is 10.1.